The van der Waals surface area contributed by atoms with Crippen LogP contribution in [-0.2, 0) is 9.47 Å². The molecule has 0 spiro atoms. The minimum atomic E-state index is 0.111. The molecule has 0 rings (SSSR count). The van der Waals surface area contributed by atoms with Crippen LogP contribution in [0.3, 0.4) is 0 Å². The Labute approximate surface area is 88.0 Å². The number of nitrogens with two attached hydrogens (primary N) is 1. The molecule has 0 radical (unpaired) electrons. The molecule has 1 atom stereocenters. The van der Waals surface area contributed by atoms with E-state index in [0.717, 1.165) is 13.0 Å². The molecular formula is C11H25NO2. The second-order valence-corrected chi connectivity index (χ2v) is 4.57. The lowest BCUT2D eigenvalue weighted by Crippen LogP contribution is -2.37. The van der Waals surface area contributed by atoms with Crippen LogP contribution >= 0.6 is 0 Å². The maximum absolute atomic E-state index is 5.65. The van der Waals surface area contributed by atoms with Gasteiger partial charge >= 0.3 is 0 Å². The predicted octanol–water partition coefficient (Wildman–Crippen LogP) is 1.80. The standard InChI is InChI=1S/C11H25NO2/c1-5-6-13-7-8-14-10(9-12)11(2,3)4/h10H,5-9,12H2,1-4H3. The van der Waals surface area contributed by atoms with Crippen molar-refractivity contribution in [1.29, 1.82) is 0 Å². The first-order valence-electron chi connectivity index (χ1n) is 5.41. The number of ether oxygens (including phenoxy) is 2. The van der Waals surface area contributed by atoms with Crippen LogP contribution in [0.5, 0.6) is 0 Å². The third-order valence-corrected chi connectivity index (χ3v) is 2.08. The highest BCUT2D eigenvalue weighted by molar-refractivity contribution is 4.74. The van der Waals surface area contributed by atoms with Gasteiger partial charge in [-0.15, -0.1) is 0 Å². The summed E-state index contributed by atoms with van der Waals surface area (Å²) in [5.41, 5.74) is 5.74. The van der Waals surface area contributed by atoms with Crippen molar-refractivity contribution in [2.75, 3.05) is 26.4 Å². The van der Waals surface area contributed by atoms with Crippen molar-refractivity contribution in [3.05, 3.63) is 0 Å². The molecule has 0 aromatic heterocycles. The zero-order chi connectivity index (χ0) is 11.0. The van der Waals surface area contributed by atoms with E-state index in [2.05, 4.69) is 27.7 Å². The molecule has 0 saturated heterocycles. The van der Waals surface area contributed by atoms with Crippen LogP contribution in [0.25, 0.3) is 0 Å². The SMILES string of the molecule is CCCOCCOC(CN)C(C)(C)C. The molecule has 2 N–H and O–H groups in total. The van der Waals surface area contributed by atoms with E-state index in [1.165, 1.54) is 0 Å². The van der Waals surface area contributed by atoms with Crippen molar-refractivity contribution in [3.8, 4) is 0 Å². The van der Waals surface area contributed by atoms with E-state index in [0.29, 0.717) is 19.8 Å². The van der Waals surface area contributed by atoms with Crippen molar-refractivity contribution in [3.63, 3.8) is 0 Å². The topological polar surface area (TPSA) is 44.5 Å². The molecule has 3 heteroatoms. The van der Waals surface area contributed by atoms with Gasteiger partial charge in [-0.25, -0.2) is 0 Å². The smallest absolute Gasteiger partial charge is 0.0746 e. The fraction of sp³-hybridized carbons (Fsp3) is 1.00. The quantitative estimate of drug-likeness (QED) is 0.642. The summed E-state index contributed by atoms with van der Waals surface area (Å²) < 4.78 is 11.0. The Bertz CT molecular complexity index is 132. The Morgan fingerprint density at radius 2 is 1.79 bits per heavy atom. The summed E-state index contributed by atoms with van der Waals surface area (Å²) in [4.78, 5) is 0. The van der Waals surface area contributed by atoms with Gasteiger partial charge in [-0.2, -0.15) is 0 Å². The molecule has 0 aliphatic carbocycles. The van der Waals surface area contributed by atoms with Gasteiger partial charge in [-0.05, 0) is 11.8 Å². The second-order valence-electron chi connectivity index (χ2n) is 4.57. The summed E-state index contributed by atoms with van der Waals surface area (Å²) >= 11 is 0. The van der Waals surface area contributed by atoms with Gasteiger partial charge in [0, 0.05) is 13.2 Å². The van der Waals surface area contributed by atoms with Crippen LogP contribution in [0, 0.1) is 5.41 Å². The lowest BCUT2D eigenvalue weighted by atomic mass is 9.89. The summed E-state index contributed by atoms with van der Waals surface area (Å²) in [6.45, 7) is 11.2. The largest absolute Gasteiger partial charge is 0.379 e. The average Bonchev–Trinajstić information content (AvgIpc) is 2.09. The van der Waals surface area contributed by atoms with Crippen LogP contribution < -0.4 is 5.73 Å². The van der Waals surface area contributed by atoms with E-state index in [1.807, 2.05) is 0 Å². The number of hydrogen-bond acceptors (Lipinski definition) is 3. The first-order valence-corrected chi connectivity index (χ1v) is 5.41. The summed E-state index contributed by atoms with van der Waals surface area (Å²) in [7, 11) is 0. The Morgan fingerprint density at radius 3 is 2.21 bits per heavy atom. The average molecular weight is 203 g/mol. The molecule has 0 saturated carbocycles. The first kappa shape index (κ1) is 13.9. The van der Waals surface area contributed by atoms with Gasteiger partial charge in [-0.3, -0.25) is 0 Å². The predicted molar refractivity (Wildman–Crippen MR) is 59.4 cm³/mol. The van der Waals surface area contributed by atoms with Crippen LogP contribution in [0.2, 0.25) is 0 Å². The highest BCUT2D eigenvalue weighted by Crippen LogP contribution is 2.21. The molecule has 14 heavy (non-hydrogen) atoms. The van der Waals surface area contributed by atoms with Crippen LogP contribution in [0.1, 0.15) is 34.1 Å². The minimum Gasteiger partial charge on any atom is -0.379 e. The third kappa shape index (κ3) is 6.35. The van der Waals surface area contributed by atoms with Crippen molar-refractivity contribution in [2.45, 2.75) is 40.2 Å². The highest BCUT2D eigenvalue weighted by Gasteiger charge is 2.23. The van der Waals surface area contributed by atoms with E-state index in [-0.39, 0.29) is 11.5 Å². The van der Waals surface area contributed by atoms with Crippen LogP contribution in [-0.4, -0.2) is 32.5 Å². The van der Waals surface area contributed by atoms with Gasteiger partial charge in [-0.1, -0.05) is 27.7 Å². The molecule has 0 aromatic carbocycles. The second kappa shape index (κ2) is 7.21. The Kier molecular flexibility index (Phi) is 7.15. The number of rotatable bonds is 7. The fourth-order valence-electron chi connectivity index (χ4n) is 1.17. The monoisotopic (exact) mass is 203 g/mol. The van der Waals surface area contributed by atoms with Gasteiger partial charge in [0.05, 0.1) is 19.3 Å². The third-order valence-electron chi connectivity index (χ3n) is 2.08. The fourth-order valence-corrected chi connectivity index (χ4v) is 1.17. The van der Waals surface area contributed by atoms with E-state index < -0.39 is 0 Å². The molecule has 0 bridgehead atoms. The maximum atomic E-state index is 5.65. The molecule has 1 unspecified atom stereocenters. The molecule has 3 nitrogen and oxygen atoms in total. The lowest BCUT2D eigenvalue weighted by Gasteiger charge is -2.29. The molecule has 86 valence electrons. The van der Waals surface area contributed by atoms with Crippen LogP contribution in [0.4, 0.5) is 0 Å². The first-order chi connectivity index (χ1) is 6.52. The number of hydrogen-bond donors (Lipinski definition) is 1. The van der Waals surface area contributed by atoms with Gasteiger partial charge in [0.25, 0.3) is 0 Å². The van der Waals surface area contributed by atoms with E-state index in [9.17, 15) is 0 Å². The Balaban J connectivity index is 3.54. The van der Waals surface area contributed by atoms with Crippen molar-refractivity contribution >= 4 is 0 Å². The van der Waals surface area contributed by atoms with Crippen LogP contribution in [0.15, 0.2) is 0 Å². The van der Waals surface area contributed by atoms with Gasteiger partial charge in [0.15, 0.2) is 0 Å². The molecular weight excluding hydrogens is 178 g/mol. The van der Waals surface area contributed by atoms with E-state index in [4.69, 9.17) is 15.2 Å². The molecule has 0 amide bonds. The van der Waals surface area contributed by atoms with Crippen molar-refractivity contribution < 1.29 is 9.47 Å². The molecule has 0 aliphatic rings. The minimum absolute atomic E-state index is 0.111. The zero-order valence-electron chi connectivity index (χ0n) is 10.0. The summed E-state index contributed by atoms with van der Waals surface area (Å²) in [5.74, 6) is 0. The summed E-state index contributed by atoms with van der Waals surface area (Å²) in [5, 5.41) is 0. The van der Waals surface area contributed by atoms with Gasteiger partial charge < -0.3 is 15.2 Å². The van der Waals surface area contributed by atoms with E-state index in [1.54, 1.807) is 0 Å². The zero-order valence-corrected chi connectivity index (χ0v) is 10.0. The molecule has 0 fully saturated rings. The Hall–Kier alpha value is -0.120. The molecule has 0 aromatic rings. The Morgan fingerprint density at radius 1 is 1.14 bits per heavy atom. The molecule has 0 heterocycles. The maximum Gasteiger partial charge on any atom is 0.0746 e. The van der Waals surface area contributed by atoms with E-state index >= 15 is 0 Å². The van der Waals surface area contributed by atoms with Gasteiger partial charge in [0.1, 0.15) is 0 Å². The highest BCUT2D eigenvalue weighted by atomic mass is 16.5. The van der Waals surface area contributed by atoms with Crippen molar-refractivity contribution in [2.24, 2.45) is 11.1 Å². The summed E-state index contributed by atoms with van der Waals surface area (Å²) in [6.07, 6.45) is 1.17. The van der Waals surface area contributed by atoms with Gasteiger partial charge in [0.2, 0.25) is 0 Å². The summed E-state index contributed by atoms with van der Waals surface area (Å²) in [6, 6.07) is 0. The molecule has 0 aliphatic heterocycles. The normalized spacial score (nSPS) is 14.4. The van der Waals surface area contributed by atoms with Crippen molar-refractivity contribution in [1.82, 2.24) is 0 Å². The lowest BCUT2D eigenvalue weighted by molar-refractivity contribution is -0.0379.